The molecule has 3 aromatic carbocycles. The van der Waals surface area contributed by atoms with Crippen molar-refractivity contribution in [2.75, 3.05) is 26.6 Å². The molecule has 0 atom stereocenters. The Morgan fingerprint density at radius 3 is 2.18 bits per heavy atom. The van der Waals surface area contributed by atoms with Gasteiger partial charge in [0.1, 0.15) is 0 Å². The maximum atomic E-state index is 12.7. The van der Waals surface area contributed by atoms with Crippen molar-refractivity contribution in [3.63, 3.8) is 0 Å². The van der Waals surface area contributed by atoms with E-state index < -0.39 is 5.91 Å². The number of thiocarbonyl (C=S) groups is 1. The number of benzene rings is 3. The number of nitrogens with one attached hydrogen (secondary N) is 2. The zero-order valence-corrected chi connectivity index (χ0v) is 16.6. The van der Waals surface area contributed by atoms with Crippen LogP contribution in [0.2, 0.25) is 0 Å². The highest BCUT2D eigenvalue weighted by Crippen LogP contribution is 2.38. The molecule has 144 valence electrons. The van der Waals surface area contributed by atoms with Gasteiger partial charge >= 0.3 is 0 Å². The minimum Gasteiger partial charge on any atom is -0.493 e. The minimum absolute atomic E-state index is 0.190. The molecule has 0 radical (unpaired) electrons. The molecule has 0 aliphatic carbocycles. The second-order valence-corrected chi connectivity index (χ2v) is 6.26. The Bertz CT molecular complexity index is 1010. The van der Waals surface area contributed by atoms with Crippen LogP contribution in [-0.2, 0) is 0 Å². The van der Waals surface area contributed by atoms with Gasteiger partial charge in [-0.2, -0.15) is 0 Å². The van der Waals surface area contributed by atoms with Gasteiger partial charge in [-0.05, 0) is 35.8 Å². The number of fused-ring (bicyclic) bond motifs is 1. The van der Waals surface area contributed by atoms with Gasteiger partial charge in [0.05, 0.1) is 21.3 Å². The van der Waals surface area contributed by atoms with Crippen LogP contribution in [0.4, 0.5) is 5.69 Å². The highest BCUT2D eigenvalue weighted by atomic mass is 32.1. The Kier molecular flexibility index (Phi) is 5.96. The van der Waals surface area contributed by atoms with Crippen LogP contribution in [0.1, 0.15) is 10.4 Å². The van der Waals surface area contributed by atoms with E-state index in [1.54, 1.807) is 12.1 Å². The first-order valence-corrected chi connectivity index (χ1v) is 8.88. The summed E-state index contributed by atoms with van der Waals surface area (Å²) in [5.74, 6) is 0.801. The largest absolute Gasteiger partial charge is 0.493 e. The molecule has 0 spiro atoms. The van der Waals surface area contributed by atoms with E-state index in [2.05, 4.69) is 10.6 Å². The summed E-state index contributed by atoms with van der Waals surface area (Å²) < 4.78 is 15.8. The van der Waals surface area contributed by atoms with Crippen LogP contribution in [0.25, 0.3) is 10.8 Å². The number of amides is 1. The van der Waals surface area contributed by atoms with E-state index in [0.717, 1.165) is 16.5 Å². The summed E-state index contributed by atoms with van der Waals surface area (Å²) in [6, 6.07) is 16.9. The van der Waals surface area contributed by atoms with Crippen molar-refractivity contribution in [2.45, 2.75) is 0 Å². The van der Waals surface area contributed by atoms with Crippen molar-refractivity contribution in [3.05, 3.63) is 60.2 Å². The van der Waals surface area contributed by atoms with E-state index in [-0.39, 0.29) is 5.11 Å². The fraction of sp³-hybridized carbons (Fsp3) is 0.143. The highest BCUT2D eigenvalue weighted by molar-refractivity contribution is 7.80. The van der Waals surface area contributed by atoms with E-state index in [4.69, 9.17) is 26.4 Å². The van der Waals surface area contributed by atoms with Gasteiger partial charge < -0.3 is 19.5 Å². The first-order chi connectivity index (χ1) is 13.6. The normalized spacial score (nSPS) is 10.2. The first kappa shape index (κ1) is 19.4. The van der Waals surface area contributed by atoms with Gasteiger partial charge in [0.25, 0.3) is 5.91 Å². The number of carbonyl (C=O) groups is 1. The van der Waals surface area contributed by atoms with E-state index in [1.807, 2.05) is 42.5 Å². The molecular formula is C21H20N2O4S. The van der Waals surface area contributed by atoms with Gasteiger partial charge in [-0.15, -0.1) is 0 Å². The lowest BCUT2D eigenvalue weighted by Gasteiger charge is -2.15. The van der Waals surface area contributed by atoms with E-state index in [0.29, 0.717) is 22.8 Å². The molecule has 0 fully saturated rings. The van der Waals surface area contributed by atoms with Gasteiger partial charge in [0.2, 0.25) is 5.75 Å². The maximum absolute atomic E-state index is 12.7. The standard InChI is InChI=1S/C21H20N2O4S/c1-25-17-11-14(12-18(26-2)19(17)27-3)20(24)23-21(28)22-16-10-6-8-13-7-4-5-9-15(13)16/h4-12H,1-3H3,(H2,22,23,24,28). The summed E-state index contributed by atoms with van der Waals surface area (Å²) in [5, 5.41) is 8.03. The number of carbonyl (C=O) groups excluding carboxylic acids is 1. The van der Waals surface area contributed by atoms with Crippen molar-refractivity contribution in [2.24, 2.45) is 0 Å². The molecular weight excluding hydrogens is 376 g/mol. The van der Waals surface area contributed by atoms with Crippen LogP contribution in [0, 0.1) is 0 Å². The minimum atomic E-state index is -0.392. The van der Waals surface area contributed by atoms with E-state index in [9.17, 15) is 4.79 Å². The highest BCUT2D eigenvalue weighted by Gasteiger charge is 2.17. The van der Waals surface area contributed by atoms with Crippen molar-refractivity contribution < 1.29 is 19.0 Å². The molecule has 0 aromatic heterocycles. The third-order valence-corrected chi connectivity index (χ3v) is 4.40. The van der Waals surface area contributed by atoms with Gasteiger partial charge in [-0.3, -0.25) is 10.1 Å². The first-order valence-electron chi connectivity index (χ1n) is 8.47. The van der Waals surface area contributed by atoms with Crippen LogP contribution >= 0.6 is 12.2 Å². The number of ether oxygens (including phenoxy) is 3. The van der Waals surface area contributed by atoms with Crippen molar-refractivity contribution in [1.29, 1.82) is 0 Å². The molecule has 0 bridgehead atoms. The topological polar surface area (TPSA) is 68.8 Å². The molecule has 0 unspecified atom stereocenters. The zero-order chi connectivity index (χ0) is 20.1. The van der Waals surface area contributed by atoms with Crippen LogP contribution in [0.15, 0.2) is 54.6 Å². The van der Waals surface area contributed by atoms with E-state index >= 15 is 0 Å². The maximum Gasteiger partial charge on any atom is 0.257 e. The number of methoxy groups -OCH3 is 3. The van der Waals surface area contributed by atoms with Gasteiger partial charge in [-0.25, -0.2) is 0 Å². The lowest BCUT2D eigenvalue weighted by atomic mass is 10.1. The second kappa shape index (κ2) is 8.58. The average Bonchev–Trinajstić information content (AvgIpc) is 2.72. The monoisotopic (exact) mass is 396 g/mol. The Hall–Kier alpha value is -3.32. The lowest BCUT2D eigenvalue weighted by Crippen LogP contribution is -2.34. The molecule has 0 heterocycles. The Morgan fingerprint density at radius 2 is 1.54 bits per heavy atom. The van der Waals surface area contributed by atoms with Crippen LogP contribution < -0.4 is 24.8 Å². The second-order valence-electron chi connectivity index (χ2n) is 5.85. The molecule has 0 aliphatic rings. The molecule has 1 amide bonds. The van der Waals surface area contributed by atoms with Gasteiger partial charge in [0, 0.05) is 16.6 Å². The van der Waals surface area contributed by atoms with Crippen molar-refractivity contribution in [1.82, 2.24) is 5.32 Å². The summed E-state index contributed by atoms with van der Waals surface area (Å²) in [6.07, 6.45) is 0. The zero-order valence-electron chi connectivity index (χ0n) is 15.7. The molecule has 7 heteroatoms. The fourth-order valence-electron chi connectivity index (χ4n) is 2.88. The van der Waals surface area contributed by atoms with Crippen molar-refractivity contribution in [3.8, 4) is 17.2 Å². The predicted octanol–water partition coefficient (Wildman–Crippen LogP) is 3.99. The third kappa shape index (κ3) is 3.99. The molecule has 0 saturated heterocycles. The summed E-state index contributed by atoms with van der Waals surface area (Å²) in [4.78, 5) is 12.7. The third-order valence-electron chi connectivity index (χ3n) is 4.19. The molecule has 2 N–H and O–H groups in total. The summed E-state index contributed by atoms with van der Waals surface area (Å²) in [7, 11) is 4.49. The molecule has 28 heavy (non-hydrogen) atoms. The number of hydrogen-bond donors (Lipinski definition) is 2. The number of anilines is 1. The predicted molar refractivity (Wildman–Crippen MR) is 114 cm³/mol. The van der Waals surface area contributed by atoms with E-state index in [1.165, 1.54) is 21.3 Å². The summed E-state index contributed by atoms with van der Waals surface area (Å²) in [5.41, 5.74) is 1.14. The lowest BCUT2D eigenvalue weighted by molar-refractivity contribution is 0.0977. The summed E-state index contributed by atoms with van der Waals surface area (Å²) in [6.45, 7) is 0. The Balaban J connectivity index is 1.80. The molecule has 0 saturated carbocycles. The fourth-order valence-corrected chi connectivity index (χ4v) is 3.08. The SMILES string of the molecule is COc1cc(C(=O)NC(=S)Nc2cccc3ccccc23)cc(OC)c1OC. The van der Waals surface area contributed by atoms with Gasteiger partial charge in [0.15, 0.2) is 16.6 Å². The number of rotatable bonds is 5. The van der Waals surface area contributed by atoms with Crippen LogP contribution in [0.3, 0.4) is 0 Å². The Labute approximate surface area is 168 Å². The molecule has 0 aliphatic heterocycles. The summed E-state index contributed by atoms with van der Waals surface area (Å²) >= 11 is 5.32. The van der Waals surface area contributed by atoms with Crippen LogP contribution in [0.5, 0.6) is 17.2 Å². The molecule has 6 nitrogen and oxygen atoms in total. The molecule has 3 aromatic rings. The van der Waals surface area contributed by atoms with Crippen molar-refractivity contribution >= 4 is 39.7 Å². The Morgan fingerprint density at radius 1 is 0.893 bits per heavy atom. The molecule has 3 rings (SSSR count). The van der Waals surface area contributed by atoms with Gasteiger partial charge in [-0.1, -0.05) is 36.4 Å². The smallest absolute Gasteiger partial charge is 0.257 e. The average molecular weight is 396 g/mol. The number of hydrogen-bond acceptors (Lipinski definition) is 5. The van der Waals surface area contributed by atoms with Crippen LogP contribution in [-0.4, -0.2) is 32.3 Å². The quantitative estimate of drug-likeness (QED) is 0.636.